The SMILES string of the molecule is c1cc2ccc3ccc4nc3c2nc1CSCCCCCSC4. The first-order valence-corrected chi connectivity index (χ1v) is 10.5. The first kappa shape index (κ1) is 15.3. The molecule has 0 unspecified atom stereocenters. The summed E-state index contributed by atoms with van der Waals surface area (Å²) < 4.78 is 0. The van der Waals surface area contributed by atoms with Gasteiger partial charge in [0.05, 0.1) is 22.4 Å². The molecule has 2 nitrogen and oxygen atoms in total. The van der Waals surface area contributed by atoms with E-state index in [4.69, 9.17) is 9.97 Å². The van der Waals surface area contributed by atoms with Crippen LogP contribution in [0.15, 0.2) is 36.4 Å². The molecule has 0 atom stereocenters. The van der Waals surface area contributed by atoms with E-state index in [1.807, 2.05) is 23.5 Å². The van der Waals surface area contributed by atoms with E-state index in [1.165, 1.54) is 52.9 Å². The number of thioether (sulfide) groups is 2. The van der Waals surface area contributed by atoms with Crippen LogP contribution in [-0.4, -0.2) is 21.5 Å². The van der Waals surface area contributed by atoms with Crippen LogP contribution >= 0.6 is 23.5 Å². The van der Waals surface area contributed by atoms with Gasteiger partial charge in [-0.15, -0.1) is 0 Å². The summed E-state index contributed by atoms with van der Waals surface area (Å²) in [6.07, 6.45) is 3.96. The smallest absolute Gasteiger partial charge is 0.0968 e. The minimum atomic E-state index is 1.00. The molecule has 23 heavy (non-hydrogen) atoms. The predicted octanol–water partition coefficient (Wildman–Crippen LogP) is 5.43. The van der Waals surface area contributed by atoms with E-state index in [0.29, 0.717) is 0 Å². The molecule has 0 fully saturated rings. The average Bonchev–Trinajstić information content (AvgIpc) is 2.60. The highest BCUT2D eigenvalue weighted by Crippen LogP contribution is 2.26. The molecule has 4 bridgehead atoms. The monoisotopic (exact) mass is 340 g/mol. The standard InChI is InChI=1S/C19H20N2S2/c1-2-10-22-12-16-8-6-14-4-5-15-7-9-17(13-23-11-3-1)21-19(15)18(14)20-16/h4-9H,1-3,10-13H2. The van der Waals surface area contributed by atoms with E-state index in [9.17, 15) is 0 Å². The van der Waals surface area contributed by atoms with Crippen LogP contribution in [0.4, 0.5) is 0 Å². The molecule has 2 aromatic heterocycles. The topological polar surface area (TPSA) is 25.8 Å². The van der Waals surface area contributed by atoms with E-state index in [2.05, 4.69) is 36.4 Å². The Morgan fingerprint density at radius 1 is 0.609 bits per heavy atom. The second kappa shape index (κ2) is 7.10. The summed E-state index contributed by atoms with van der Waals surface area (Å²) in [5.41, 5.74) is 4.46. The fraction of sp³-hybridized carbons (Fsp3) is 0.368. The summed E-state index contributed by atoms with van der Waals surface area (Å²) in [5.74, 6) is 4.47. The lowest BCUT2D eigenvalue weighted by atomic mass is 10.1. The number of hydrogen-bond donors (Lipinski definition) is 0. The zero-order valence-electron chi connectivity index (χ0n) is 13.1. The second-order valence-corrected chi connectivity index (χ2v) is 8.19. The molecule has 0 N–H and O–H groups in total. The largest absolute Gasteiger partial charge is 0.250 e. The van der Waals surface area contributed by atoms with Crippen molar-refractivity contribution in [2.24, 2.45) is 0 Å². The summed E-state index contributed by atoms with van der Waals surface area (Å²) in [4.78, 5) is 9.86. The molecule has 4 heteroatoms. The van der Waals surface area contributed by atoms with Gasteiger partial charge in [0.15, 0.2) is 0 Å². The molecular weight excluding hydrogens is 320 g/mol. The van der Waals surface area contributed by atoms with Crippen LogP contribution in [0.3, 0.4) is 0 Å². The normalized spacial score (nSPS) is 16.9. The Morgan fingerprint density at radius 2 is 1.09 bits per heavy atom. The zero-order valence-corrected chi connectivity index (χ0v) is 14.8. The van der Waals surface area contributed by atoms with E-state index >= 15 is 0 Å². The molecule has 0 aliphatic carbocycles. The lowest BCUT2D eigenvalue weighted by molar-refractivity contribution is 0.785. The summed E-state index contributed by atoms with van der Waals surface area (Å²) >= 11 is 4.00. The van der Waals surface area contributed by atoms with Crippen molar-refractivity contribution in [2.45, 2.75) is 30.8 Å². The Hall–Kier alpha value is -1.26. The molecule has 1 aliphatic heterocycles. The van der Waals surface area contributed by atoms with Crippen LogP contribution in [0.1, 0.15) is 30.7 Å². The molecular formula is C19H20N2S2. The van der Waals surface area contributed by atoms with Crippen LogP contribution in [0.25, 0.3) is 21.8 Å². The van der Waals surface area contributed by atoms with Gasteiger partial charge in [0.2, 0.25) is 0 Å². The van der Waals surface area contributed by atoms with E-state index in [0.717, 1.165) is 22.5 Å². The van der Waals surface area contributed by atoms with Crippen molar-refractivity contribution in [1.82, 2.24) is 9.97 Å². The maximum absolute atomic E-state index is 4.93. The number of hydrogen-bond acceptors (Lipinski definition) is 4. The fourth-order valence-corrected chi connectivity index (χ4v) is 4.79. The molecule has 3 heterocycles. The number of aromatic nitrogens is 2. The van der Waals surface area contributed by atoms with Crippen LogP contribution < -0.4 is 0 Å². The Balaban J connectivity index is 1.82. The number of nitrogens with zero attached hydrogens (tertiary/aromatic N) is 2. The number of fused-ring (bicyclic) bond motifs is 2. The molecule has 0 spiro atoms. The number of benzene rings is 1. The van der Waals surface area contributed by atoms with Gasteiger partial charge < -0.3 is 0 Å². The van der Waals surface area contributed by atoms with Gasteiger partial charge in [-0.2, -0.15) is 23.5 Å². The Morgan fingerprint density at radius 3 is 1.61 bits per heavy atom. The van der Waals surface area contributed by atoms with Gasteiger partial charge in [0, 0.05) is 22.3 Å². The van der Waals surface area contributed by atoms with E-state index < -0.39 is 0 Å². The highest BCUT2D eigenvalue weighted by molar-refractivity contribution is 7.98. The van der Waals surface area contributed by atoms with Crippen molar-refractivity contribution in [3.63, 3.8) is 0 Å². The second-order valence-electron chi connectivity index (χ2n) is 5.98. The average molecular weight is 341 g/mol. The Bertz CT molecular complexity index is 763. The zero-order chi connectivity index (χ0) is 15.5. The maximum atomic E-state index is 4.93. The van der Waals surface area contributed by atoms with Gasteiger partial charge in [-0.05, 0) is 36.5 Å². The molecule has 1 aromatic carbocycles. The predicted molar refractivity (Wildman–Crippen MR) is 103 cm³/mol. The number of rotatable bonds is 0. The van der Waals surface area contributed by atoms with Crippen LogP contribution in [-0.2, 0) is 11.5 Å². The first-order valence-electron chi connectivity index (χ1n) is 8.24. The minimum absolute atomic E-state index is 1.00. The fourth-order valence-electron chi connectivity index (χ4n) is 2.95. The molecule has 0 saturated carbocycles. The Labute approximate surface area is 145 Å². The summed E-state index contributed by atoms with van der Waals surface area (Å²) in [6, 6.07) is 13.0. The van der Waals surface area contributed by atoms with Gasteiger partial charge in [-0.25, -0.2) is 9.97 Å². The molecule has 3 aromatic rings. The van der Waals surface area contributed by atoms with Gasteiger partial charge in [-0.1, -0.05) is 30.7 Å². The van der Waals surface area contributed by atoms with Crippen molar-refractivity contribution >= 4 is 45.3 Å². The quantitative estimate of drug-likeness (QED) is 0.509. The summed E-state index contributed by atoms with van der Waals surface area (Å²) in [6.45, 7) is 0. The molecule has 118 valence electrons. The Kier molecular flexibility index (Phi) is 4.72. The highest BCUT2D eigenvalue weighted by atomic mass is 32.2. The van der Waals surface area contributed by atoms with Crippen molar-refractivity contribution < 1.29 is 0 Å². The van der Waals surface area contributed by atoms with Crippen LogP contribution in [0.2, 0.25) is 0 Å². The third kappa shape index (κ3) is 3.48. The highest BCUT2D eigenvalue weighted by Gasteiger charge is 2.07. The third-order valence-electron chi connectivity index (χ3n) is 4.21. The van der Waals surface area contributed by atoms with Gasteiger partial charge >= 0.3 is 0 Å². The lowest BCUT2D eigenvalue weighted by Crippen LogP contribution is -1.93. The third-order valence-corrected chi connectivity index (χ3v) is 6.37. The van der Waals surface area contributed by atoms with Crippen molar-refractivity contribution in [3.05, 3.63) is 47.8 Å². The molecule has 4 rings (SSSR count). The summed E-state index contributed by atoms with van der Waals surface area (Å²) in [5, 5.41) is 2.38. The van der Waals surface area contributed by atoms with Gasteiger partial charge in [0.1, 0.15) is 0 Å². The number of pyridine rings is 2. The van der Waals surface area contributed by atoms with Gasteiger partial charge in [0.25, 0.3) is 0 Å². The minimum Gasteiger partial charge on any atom is -0.250 e. The molecule has 1 aliphatic rings. The first-order chi connectivity index (χ1) is 11.4. The van der Waals surface area contributed by atoms with Crippen molar-refractivity contribution in [1.29, 1.82) is 0 Å². The van der Waals surface area contributed by atoms with Crippen molar-refractivity contribution in [3.8, 4) is 0 Å². The lowest BCUT2D eigenvalue weighted by Gasteiger charge is -2.07. The molecule has 0 radical (unpaired) electrons. The van der Waals surface area contributed by atoms with E-state index in [1.54, 1.807) is 0 Å². The van der Waals surface area contributed by atoms with Gasteiger partial charge in [-0.3, -0.25) is 0 Å². The maximum Gasteiger partial charge on any atom is 0.0968 e. The van der Waals surface area contributed by atoms with Crippen molar-refractivity contribution in [2.75, 3.05) is 11.5 Å². The molecule has 0 saturated heterocycles. The van der Waals surface area contributed by atoms with E-state index in [-0.39, 0.29) is 0 Å². The van der Waals surface area contributed by atoms with Crippen LogP contribution in [0.5, 0.6) is 0 Å². The molecule has 0 amide bonds. The summed E-state index contributed by atoms with van der Waals surface area (Å²) in [7, 11) is 0. The van der Waals surface area contributed by atoms with Crippen LogP contribution in [0, 0.1) is 0 Å².